The van der Waals surface area contributed by atoms with E-state index in [4.69, 9.17) is 5.26 Å². The Balaban J connectivity index is 3.13. The van der Waals surface area contributed by atoms with Crippen molar-refractivity contribution in [3.8, 4) is 6.19 Å². The van der Waals surface area contributed by atoms with Crippen molar-refractivity contribution in [1.82, 2.24) is 0 Å². The van der Waals surface area contributed by atoms with E-state index in [-0.39, 0.29) is 4.90 Å². The van der Waals surface area contributed by atoms with Gasteiger partial charge in [-0.05, 0) is 24.6 Å². The summed E-state index contributed by atoms with van der Waals surface area (Å²) in [5, 5.41) is 8.35. The topological polar surface area (TPSA) is 70.3 Å². The average molecular weight is 222 g/mol. The van der Waals surface area contributed by atoms with E-state index in [9.17, 15) is 8.42 Å². The molecule has 0 aliphatic rings. The quantitative estimate of drug-likeness (QED) is 0.560. The lowest BCUT2D eigenvalue weighted by atomic mass is 10.1. The van der Waals surface area contributed by atoms with Crippen LogP contribution in [0, 0.1) is 11.5 Å². The maximum Gasteiger partial charge on any atom is 0.205 e. The smallest absolute Gasteiger partial charge is 0.205 e. The molecule has 1 aromatic carbocycles. The second-order valence-electron chi connectivity index (χ2n) is 3.09. The van der Waals surface area contributed by atoms with E-state index in [1.54, 1.807) is 25.2 Å². The van der Waals surface area contributed by atoms with Gasteiger partial charge in [-0.2, -0.15) is 10.3 Å². The lowest BCUT2D eigenvalue weighted by molar-refractivity contribution is 0.602. The molecule has 0 aliphatic carbocycles. The van der Waals surface area contributed by atoms with E-state index in [1.807, 2.05) is 0 Å². The van der Waals surface area contributed by atoms with Crippen LogP contribution in [0.4, 0.5) is 0 Å². The molecule has 0 fully saturated rings. The van der Waals surface area contributed by atoms with Crippen molar-refractivity contribution >= 4 is 15.5 Å². The van der Waals surface area contributed by atoms with Gasteiger partial charge < -0.3 is 0 Å². The van der Waals surface area contributed by atoms with Crippen molar-refractivity contribution in [3.05, 3.63) is 29.8 Å². The van der Waals surface area contributed by atoms with E-state index in [0.717, 1.165) is 11.8 Å². The molecule has 78 valence electrons. The maximum absolute atomic E-state index is 11.2. The highest BCUT2D eigenvalue weighted by Gasteiger charge is 2.06. The normalized spacial score (nSPS) is 12.2. The van der Waals surface area contributed by atoms with Gasteiger partial charge in [0, 0.05) is 6.26 Å². The zero-order valence-corrected chi connectivity index (χ0v) is 9.25. The van der Waals surface area contributed by atoms with Gasteiger partial charge in [-0.15, -0.1) is 0 Å². The molecule has 4 nitrogen and oxygen atoms in total. The average Bonchev–Trinajstić information content (AvgIpc) is 2.17. The van der Waals surface area contributed by atoms with Gasteiger partial charge in [0.2, 0.25) is 6.19 Å². The van der Waals surface area contributed by atoms with Gasteiger partial charge in [0.1, 0.15) is 0 Å². The fourth-order valence-corrected chi connectivity index (χ4v) is 1.71. The lowest BCUT2D eigenvalue weighted by Crippen LogP contribution is -1.99. The summed E-state index contributed by atoms with van der Waals surface area (Å²) in [4.78, 5) is 3.82. The van der Waals surface area contributed by atoms with Crippen LogP contribution in [0.25, 0.3) is 0 Å². The van der Waals surface area contributed by atoms with Crippen LogP contribution in [0.3, 0.4) is 0 Å². The summed E-state index contributed by atoms with van der Waals surface area (Å²) >= 11 is 0. The predicted octanol–water partition coefficient (Wildman–Crippen LogP) is 1.38. The fourth-order valence-electron chi connectivity index (χ4n) is 1.08. The number of nitriles is 1. The van der Waals surface area contributed by atoms with Gasteiger partial charge >= 0.3 is 0 Å². The minimum absolute atomic E-state index is 0.260. The Morgan fingerprint density at radius 1 is 1.33 bits per heavy atom. The standard InChI is InChI=1S/C10H10N2O2S/c1-8(12-7-11)9-3-5-10(6-4-9)15(2,13)14/h3-6H,1-2H3. The van der Waals surface area contributed by atoms with Crippen LogP contribution < -0.4 is 0 Å². The van der Waals surface area contributed by atoms with Crippen molar-refractivity contribution < 1.29 is 8.42 Å². The molecule has 0 heterocycles. The number of aliphatic imine (C=N–C) groups is 1. The first kappa shape index (κ1) is 11.4. The summed E-state index contributed by atoms with van der Waals surface area (Å²) in [5.74, 6) is 0. The van der Waals surface area contributed by atoms with Crippen LogP contribution in [0.15, 0.2) is 34.2 Å². The second-order valence-corrected chi connectivity index (χ2v) is 5.11. The summed E-state index contributed by atoms with van der Waals surface area (Å²) in [6.45, 7) is 1.69. The summed E-state index contributed by atoms with van der Waals surface area (Å²) in [7, 11) is -3.16. The Morgan fingerprint density at radius 2 is 1.87 bits per heavy atom. The first-order valence-electron chi connectivity index (χ1n) is 4.19. The molecule has 0 amide bonds. The Bertz CT molecular complexity index is 522. The van der Waals surface area contributed by atoms with Gasteiger partial charge in [-0.3, -0.25) is 0 Å². The molecule has 0 aliphatic heterocycles. The molecular formula is C10H10N2O2S. The monoisotopic (exact) mass is 222 g/mol. The molecular weight excluding hydrogens is 212 g/mol. The molecule has 0 aromatic heterocycles. The van der Waals surface area contributed by atoms with Crippen molar-refractivity contribution in [2.24, 2.45) is 4.99 Å². The third-order valence-electron chi connectivity index (χ3n) is 1.92. The third-order valence-corrected chi connectivity index (χ3v) is 3.05. The van der Waals surface area contributed by atoms with Gasteiger partial charge in [0.15, 0.2) is 9.84 Å². The van der Waals surface area contributed by atoms with Crippen molar-refractivity contribution in [3.63, 3.8) is 0 Å². The molecule has 0 radical (unpaired) electrons. The Hall–Kier alpha value is -1.67. The van der Waals surface area contributed by atoms with Crippen molar-refractivity contribution in [1.29, 1.82) is 5.26 Å². The van der Waals surface area contributed by atoms with Crippen LogP contribution in [0.5, 0.6) is 0 Å². The molecule has 5 heteroatoms. The van der Waals surface area contributed by atoms with Crippen LogP contribution in [-0.4, -0.2) is 20.4 Å². The summed E-state index contributed by atoms with van der Waals surface area (Å²) in [5.41, 5.74) is 1.31. The van der Waals surface area contributed by atoms with E-state index < -0.39 is 9.84 Å². The Morgan fingerprint density at radius 3 is 2.27 bits per heavy atom. The fraction of sp³-hybridized carbons (Fsp3) is 0.200. The van der Waals surface area contributed by atoms with Crippen molar-refractivity contribution in [2.45, 2.75) is 11.8 Å². The largest absolute Gasteiger partial charge is 0.224 e. The molecule has 1 rings (SSSR count). The number of nitrogens with zero attached hydrogens (tertiary/aromatic N) is 2. The highest BCUT2D eigenvalue weighted by atomic mass is 32.2. The minimum Gasteiger partial charge on any atom is -0.224 e. The number of benzene rings is 1. The van der Waals surface area contributed by atoms with Gasteiger partial charge in [-0.1, -0.05) is 12.1 Å². The summed E-state index contributed by atoms with van der Waals surface area (Å²) in [6.07, 6.45) is 2.83. The number of rotatable bonds is 2. The van der Waals surface area contributed by atoms with Crippen molar-refractivity contribution in [2.75, 3.05) is 6.26 Å². The first-order chi connectivity index (χ1) is 6.95. The summed E-state index contributed by atoms with van der Waals surface area (Å²) < 4.78 is 22.3. The van der Waals surface area contributed by atoms with Crippen LogP contribution in [0.2, 0.25) is 0 Å². The Labute approximate surface area is 88.8 Å². The number of hydrogen-bond donors (Lipinski definition) is 0. The number of sulfone groups is 1. The molecule has 15 heavy (non-hydrogen) atoms. The Kier molecular flexibility index (Phi) is 3.22. The van der Waals surface area contributed by atoms with E-state index in [1.165, 1.54) is 12.1 Å². The highest BCUT2D eigenvalue weighted by Crippen LogP contribution is 2.10. The van der Waals surface area contributed by atoms with E-state index in [0.29, 0.717) is 5.71 Å². The molecule has 0 spiro atoms. The molecule has 0 saturated carbocycles. The van der Waals surface area contributed by atoms with Gasteiger partial charge in [0.25, 0.3) is 0 Å². The van der Waals surface area contributed by atoms with Crippen LogP contribution in [-0.2, 0) is 9.84 Å². The van der Waals surface area contributed by atoms with E-state index >= 15 is 0 Å². The molecule has 0 atom stereocenters. The molecule has 1 aromatic rings. The minimum atomic E-state index is -3.16. The summed E-state index contributed by atoms with van der Waals surface area (Å²) in [6, 6.07) is 6.27. The predicted molar refractivity (Wildman–Crippen MR) is 57.4 cm³/mol. The van der Waals surface area contributed by atoms with Crippen LogP contribution >= 0.6 is 0 Å². The first-order valence-corrected chi connectivity index (χ1v) is 6.08. The van der Waals surface area contributed by atoms with Crippen LogP contribution in [0.1, 0.15) is 12.5 Å². The zero-order chi connectivity index (χ0) is 11.5. The SMILES string of the molecule is CC(=NC#N)c1ccc(S(C)(=O)=O)cc1. The third kappa shape index (κ3) is 2.89. The molecule has 0 saturated heterocycles. The second kappa shape index (κ2) is 4.24. The molecule has 0 unspecified atom stereocenters. The number of hydrogen-bond acceptors (Lipinski definition) is 4. The molecule has 0 N–H and O–H groups in total. The van der Waals surface area contributed by atoms with Gasteiger partial charge in [-0.25, -0.2) is 8.42 Å². The lowest BCUT2D eigenvalue weighted by Gasteiger charge is -2.00. The van der Waals surface area contributed by atoms with E-state index in [2.05, 4.69) is 4.99 Å². The van der Waals surface area contributed by atoms with Gasteiger partial charge in [0.05, 0.1) is 10.6 Å². The maximum atomic E-state index is 11.2. The zero-order valence-electron chi connectivity index (χ0n) is 8.43. The molecule has 0 bridgehead atoms. The highest BCUT2D eigenvalue weighted by molar-refractivity contribution is 7.90.